The first kappa shape index (κ1) is 13.9. The monoisotopic (exact) mass is 295 g/mol. The summed E-state index contributed by atoms with van der Waals surface area (Å²) in [6.07, 6.45) is 0.918. The number of sulfonamides is 1. The topological polar surface area (TPSA) is 46.2 Å². The fourth-order valence-electron chi connectivity index (χ4n) is 1.66. The van der Waals surface area contributed by atoms with E-state index >= 15 is 0 Å². The molecule has 0 saturated carbocycles. The third-order valence-electron chi connectivity index (χ3n) is 2.72. The van der Waals surface area contributed by atoms with Crippen LogP contribution < -0.4 is 4.72 Å². The highest BCUT2D eigenvalue weighted by molar-refractivity contribution is 7.92. The summed E-state index contributed by atoms with van der Waals surface area (Å²) in [6, 6.07) is 13.5. The van der Waals surface area contributed by atoms with E-state index in [0.29, 0.717) is 10.7 Å². The molecule has 0 fully saturated rings. The first-order chi connectivity index (χ1) is 9.01. The Kier molecular flexibility index (Phi) is 4.12. The van der Waals surface area contributed by atoms with Crippen LogP contribution >= 0.6 is 11.6 Å². The average Bonchev–Trinajstić information content (AvgIpc) is 2.39. The van der Waals surface area contributed by atoms with Gasteiger partial charge in [0.15, 0.2) is 0 Å². The van der Waals surface area contributed by atoms with E-state index in [2.05, 4.69) is 4.72 Å². The van der Waals surface area contributed by atoms with Gasteiger partial charge in [-0.15, -0.1) is 0 Å². The third kappa shape index (κ3) is 3.49. The zero-order valence-electron chi connectivity index (χ0n) is 10.4. The van der Waals surface area contributed by atoms with E-state index in [1.165, 1.54) is 12.1 Å². The number of rotatable bonds is 4. The second kappa shape index (κ2) is 5.63. The maximum absolute atomic E-state index is 12.1. The summed E-state index contributed by atoms with van der Waals surface area (Å²) >= 11 is 5.80. The molecule has 0 aliphatic rings. The number of anilines is 1. The minimum atomic E-state index is -3.59. The summed E-state index contributed by atoms with van der Waals surface area (Å²) < 4.78 is 26.8. The van der Waals surface area contributed by atoms with E-state index in [0.717, 1.165) is 12.0 Å². The highest BCUT2D eigenvalue weighted by atomic mass is 35.5. The highest BCUT2D eigenvalue weighted by Crippen LogP contribution is 2.19. The van der Waals surface area contributed by atoms with E-state index in [-0.39, 0.29) is 4.90 Å². The number of benzene rings is 2. The molecule has 0 aromatic heterocycles. The van der Waals surface area contributed by atoms with Crippen molar-refractivity contribution in [1.29, 1.82) is 0 Å². The minimum absolute atomic E-state index is 0.152. The molecule has 2 aromatic carbocycles. The van der Waals surface area contributed by atoms with Gasteiger partial charge in [0.2, 0.25) is 0 Å². The van der Waals surface area contributed by atoms with Gasteiger partial charge < -0.3 is 0 Å². The fourth-order valence-corrected chi connectivity index (χ4v) is 3.02. The van der Waals surface area contributed by atoms with Crippen LogP contribution in [0.5, 0.6) is 0 Å². The van der Waals surface area contributed by atoms with Crippen LogP contribution in [0, 0.1) is 0 Å². The summed E-state index contributed by atoms with van der Waals surface area (Å²) in [6.45, 7) is 2.05. The Balaban J connectivity index is 2.25. The number of aryl methyl sites for hydroxylation is 1. The predicted molar refractivity (Wildman–Crippen MR) is 78.1 cm³/mol. The fraction of sp³-hybridized carbons (Fsp3) is 0.143. The molecule has 0 amide bonds. The summed E-state index contributed by atoms with van der Waals surface area (Å²) in [7, 11) is -3.59. The molecule has 5 heteroatoms. The van der Waals surface area contributed by atoms with Gasteiger partial charge in [-0.1, -0.05) is 36.7 Å². The van der Waals surface area contributed by atoms with Crippen LogP contribution in [0.2, 0.25) is 5.02 Å². The van der Waals surface area contributed by atoms with Crippen molar-refractivity contribution in [2.24, 2.45) is 0 Å². The number of halogens is 1. The Morgan fingerprint density at radius 1 is 1.11 bits per heavy atom. The van der Waals surface area contributed by atoms with Crippen LogP contribution in [0.1, 0.15) is 12.5 Å². The summed E-state index contributed by atoms with van der Waals surface area (Å²) in [5.41, 5.74) is 1.70. The van der Waals surface area contributed by atoms with Crippen LogP contribution in [0.25, 0.3) is 0 Å². The number of nitrogens with one attached hydrogen (secondary N) is 1. The molecular weight excluding hydrogens is 282 g/mol. The standard InChI is InChI=1S/C14H14ClNO2S/c1-2-11-6-8-13(9-7-11)16-19(17,18)14-5-3-4-12(15)10-14/h3-10,16H,2H2,1H3. The maximum atomic E-state index is 12.1. The van der Waals surface area contributed by atoms with E-state index in [1.54, 1.807) is 24.3 Å². The minimum Gasteiger partial charge on any atom is -0.280 e. The number of hydrogen-bond donors (Lipinski definition) is 1. The lowest BCUT2D eigenvalue weighted by Crippen LogP contribution is -2.12. The molecule has 0 bridgehead atoms. The molecule has 0 aliphatic carbocycles. The molecule has 0 saturated heterocycles. The molecule has 1 N–H and O–H groups in total. The van der Waals surface area contributed by atoms with Gasteiger partial charge in [-0.3, -0.25) is 4.72 Å². The Morgan fingerprint density at radius 2 is 1.79 bits per heavy atom. The van der Waals surface area contributed by atoms with Gasteiger partial charge in [0.25, 0.3) is 10.0 Å². The van der Waals surface area contributed by atoms with Crippen molar-refractivity contribution in [3.8, 4) is 0 Å². The molecule has 0 atom stereocenters. The summed E-state index contributed by atoms with van der Waals surface area (Å²) in [5, 5.41) is 0.393. The van der Waals surface area contributed by atoms with Crippen LogP contribution in [-0.4, -0.2) is 8.42 Å². The quantitative estimate of drug-likeness (QED) is 0.935. The second-order valence-electron chi connectivity index (χ2n) is 4.11. The van der Waals surface area contributed by atoms with Crippen molar-refractivity contribution in [1.82, 2.24) is 0 Å². The molecule has 19 heavy (non-hydrogen) atoms. The van der Waals surface area contributed by atoms with Gasteiger partial charge in [0, 0.05) is 10.7 Å². The molecular formula is C14H14ClNO2S. The van der Waals surface area contributed by atoms with E-state index in [1.807, 2.05) is 19.1 Å². The lowest BCUT2D eigenvalue weighted by molar-refractivity contribution is 0.601. The normalized spacial score (nSPS) is 11.3. The summed E-state index contributed by atoms with van der Waals surface area (Å²) in [4.78, 5) is 0.152. The van der Waals surface area contributed by atoms with Crippen LogP contribution in [0.4, 0.5) is 5.69 Å². The summed E-state index contributed by atoms with van der Waals surface area (Å²) in [5.74, 6) is 0. The molecule has 2 rings (SSSR count). The molecule has 100 valence electrons. The molecule has 0 radical (unpaired) electrons. The van der Waals surface area contributed by atoms with Crippen molar-refractivity contribution in [3.05, 3.63) is 59.1 Å². The SMILES string of the molecule is CCc1ccc(NS(=O)(=O)c2cccc(Cl)c2)cc1. The molecule has 0 heterocycles. The van der Waals surface area contributed by atoms with Gasteiger partial charge in [0.1, 0.15) is 0 Å². The first-order valence-electron chi connectivity index (χ1n) is 5.88. The van der Waals surface area contributed by atoms with Crippen molar-refractivity contribution in [2.45, 2.75) is 18.2 Å². The van der Waals surface area contributed by atoms with E-state index < -0.39 is 10.0 Å². The van der Waals surface area contributed by atoms with Crippen molar-refractivity contribution in [3.63, 3.8) is 0 Å². The molecule has 2 aromatic rings. The Hall–Kier alpha value is -1.52. The Labute approximate surface area is 118 Å². The van der Waals surface area contributed by atoms with E-state index in [9.17, 15) is 8.42 Å². The van der Waals surface area contributed by atoms with Gasteiger partial charge in [-0.2, -0.15) is 0 Å². The molecule has 0 spiro atoms. The maximum Gasteiger partial charge on any atom is 0.261 e. The zero-order valence-corrected chi connectivity index (χ0v) is 12.0. The lowest BCUT2D eigenvalue weighted by atomic mass is 10.2. The van der Waals surface area contributed by atoms with Crippen molar-refractivity contribution in [2.75, 3.05) is 4.72 Å². The Morgan fingerprint density at radius 3 is 2.37 bits per heavy atom. The number of hydrogen-bond acceptors (Lipinski definition) is 2. The third-order valence-corrected chi connectivity index (χ3v) is 4.33. The van der Waals surface area contributed by atoms with Crippen molar-refractivity contribution >= 4 is 27.3 Å². The smallest absolute Gasteiger partial charge is 0.261 e. The largest absolute Gasteiger partial charge is 0.280 e. The average molecular weight is 296 g/mol. The van der Waals surface area contributed by atoms with Crippen LogP contribution in [0.3, 0.4) is 0 Å². The van der Waals surface area contributed by atoms with Gasteiger partial charge >= 0.3 is 0 Å². The van der Waals surface area contributed by atoms with Gasteiger partial charge in [0.05, 0.1) is 4.90 Å². The van der Waals surface area contributed by atoms with Gasteiger partial charge in [-0.25, -0.2) is 8.42 Å². The van der Waals surface area contributed by atoms with Gasteiger partial charge in [-0.05, 0) is 42.3 Å². The van der Waals surface area contributed by atoms with Crippen LogP contribution in [-0.2, 0) is 16.4 Å². The zero-order chi connectivity index (χ0) is 13.9. The Bertz CT molecular complexity index is 666. The predicted octanol–water partition coefficient (Wildman–Crippen LogP) is 3.70. The first-order valence-corrected chi connectivity index (χ1v) is 7.75. The van der Waals surface area contributed by atoms with Crippen LogP contribution in [0.15, 0.2) is 53.4 Å². The molecule has 3 nitrogen and oxygen atoms in total. The van der Waals surface area contributed by atoms with Crippen molar-refractivity contribution < 1.29 is 8.42 Å². The second-order valence-corrected chi connectivity index (χ2v) is 6.23. The highest BCUT2D eigenvalue weighted by Gasteiger charge is 2.14. The van der Waals surface area contributed by atoms with E-state index in [4.69, 9.17) is 11.6 Å². The lowest BCUT2D eigenvalue weighted by Gasteiger charge is -2.08. The molecule has 0 unspecified atom stereocenters. The molecule has 0 aliphatic heterocycles.